The van der Waals surface area contributed by atoms with Crippen molar-refractivity contribution in [1.29, 1.82) is 0 Å². The van der Waals surface area contributed by atoms with Gasteiger partial charge >= 0.3 is 5.97 Å². The van der Waals surface area contributed by atoms with E-state index in [9.17, 15) is 9.59 Å². The number of carbonyl (C=O) groups excluding carboxylic acids is 2. The molecule has 0 bridgehead atoms. The number of esters is 1. The van der Waals surface area contributed by atoms with Gasteiger partial charge < -0.3 is 14.0 Å². The number of amides is 1. The quantitative estimate of drug-likeness (QED) is 0.607. The Balaban J connectivity index is 1.77. The second-order valence-corrected chi connectivity index (χ2v) is 6.56. The van der Waals surface area contributed by atoms with Gasteiger partial charge in [-0.15, -0.1) is 11.3 Å². The molecular formula is C19H19N3O4S. The molecule has 0 fully saturated rings. The molecule has 1 amide bonds. The Morgan fingerprint density at radius 3 is 2.67 bits per heavy atom. The molecule has 0 aliphatic rings. The van der Waals surface area contributed by atoms with Crippen molar-refractivity contribution in [2.75, 3.05) is 12.0 Å². The highest BCUT2D eigenvalue weighted by Gasteiger charge is 2.21. The summed E-state index contributed by atoms with van der Waals surface area (Å²) < 4.78 is 12.3. The standard InChI is InChI=1S/C19H19N3O4S/c1-13(23)22(15-7-4-5-9-17(15)25-3)19-20-14(12-27-19)11-26-18(24)16-8-6-10-21(16)2/h4-10,12H,11H2,1-3H3. The summed E-state index contributed by atoms with van der Waals surface area (Å²) in [6.07, 6.45) is 1.77. The first-order chi connectivity index (χ1) is 13.0. The minimum Gasteiger partial charge on any atom is -0.495 e. The second kappa shape index (κ2) is 8.05. The van der Waals surface area contributed by atoms with E-state index >= 15 is 0 Å². The summed E-state index contributed by atoms with van der Waals surface area (Å²) in [5.41, 5.74) is 1.64. The number of ether oxygens (including phenoxy) is 2. The van der Waals surface area contributed by atoms with Gasteiger partial charge in [0.25, 0.3) is 0 Å². The van der Waals surface area contributed by atoms with Crippen LogP contribution in [0.4, 0.5) is 10.8 Å². The monoisotopic (exact) mass is 385 g/mol. The van der Waals surface area contributed by atoms with Gasteiger partial charge in [-0.25, -0.2) is 9.78 Å². The van der Waals surface area contributed by atoms with Crippen LogP contribution in [-0.4, -0.2) is 28.5 Å². The molecule has 0 aliphatic carbocycles. The van der Waals surface area contributed by atoms with E-state index in [0.717, 1.165) is 0 Å². The van der Waals surface area contributed by atoms with Gasteiger partial charge in [0.15, 0.2) is 5.13 Å². The average Bonchev–Trinajstić information content (AvgIpc) is 3.29. The number of nitrogens with zero attached hydrogens (tertiary/aromatic N) is 3. The third-order valence-corrected chi connectivity index (χ3v) is 4.75. The van der Waals surface area contributed by atoms with Gasteiger partial charge in [-0.2, -0.15) is 0 Å². The van der Waals surface area contributed by atoms with E-state index in [4.69, 9.17) is 9.47 Å². The zero-order valence-electron chi connectivity index (χ0n) is 15.2. The summed E-state index contributed by atoms with van der Waals surface area (Å²) in [5.74, 6) is -0.0500. The minimum atomic E-state index is -0.426. The van der Waals surface area contributed by atoms with Gasteiger partial charge in [0, 0.05) is 25.5 Å². The van der Waals surface area contributed by atoms with Crippen molar-refractivity contribution in [3.8, 4) is 5.75 Å². The number of thiazole rings is 1. The molecule has 3 aromatic rings. The average molecular weight is 385 g/mol. The fraction of sp³-hybridized carbons (Fsp3) is 0.211. The molecule has 0 saturated heterocycles. The van der Waals surface area contributed by atoms with Crippen molar-refractivity contribution in [2.24, 2.45) is 7.05 Å². The molecule has 2 aromatic heterocycles. The van der Waals surface area contributed by atoms with Crippen molar-refractivity contribution in [3.05, 3.63) is 59.4 Å². The Kier molecular flexibility index (Phi) is 5.56. The van der Waals surface area contributed by atoms with E-state index < -0.39 is 5.97 Å². The summed E-state index contributed by atoms with van der Waals surface area (Å²) in [7, 11) is 3.32. The third kappa shape index (κ3) is 4.01. The van der Waals surface area contributed by atoms with Gasteiger partial charge in [0.05, 0.1) is 18.5 Å². The number of hydrogen-bond donors (Lipinski definition) is 0. The van der Waals surface area contributed by atoms with E-state index in [2.05, 4.69) is 4.98 Å². The summed E-state index contributed by atoms with van der Waals surface area (Å²) in [6, 6.07) is 10.7. The highest BCUT2D eigenvalue weighted by atomic mass is 32.1. The number of para-hydroxylation sites is 2. The fourth-order valence-electron chi connectivity index (χ4n) is 2.57. The van der Waals surface area contributed by atoms with Crippen LogP contribution in [-0.2, 0) is 23.2 Å². The first kappa shape index (κ1) is 18.7. The number of carbonyl (C=O) groups is 2. The van der Waals surface area contributed by atoms with E-state index in [0.29, 0.717) is 28.0 Å². The highest BCUT2D eigenvalue weighted by molar-refractivity contribution is 7.14. The van der Waals surface area contributed by atoms with Gasteiger partial charge in [0.1, 0.15) is 18.1 Å². The second-order valence-electron chi connectivity index (χ2n) is 5.73. The number of anilines is 2. The summed E-state index contributed by atoms with van der Waals surface area (Å²) in [6.45, 7) is 1.49. The lowest BCUT2D eigenvalue weighted by atomic mass is 10.2. The Labute approximate surface area is 160 Å². The summed E-state index contributed by atoms with van der Waals surface area (Å²) >= 11 is 1.29. The number of aromatic nitrogens is 2. The molecule has 27 heavy (non-hydrogen) atoms. The van der Waals surface area contributed by atoms with Gasteiger partial charge in [0.2, 0.25) is 5.91 Å². The van der Waals surface area contributed by atoms with Crippen LogP contribution < -0.4 is 9.64 Å². The molecule has 0 unspecified atom stereocenters. The topological polar surface area (TPSA) is 73.7 Å². The maximum atomic E-state index is 12.2. The zero-order valence-corrected chi connectivity index (χ0v) is 16.0. The van der Waals surface area contributed by atoms with Crippen molar-refractivity contribution in [1.82, 2.24) is 9.55 Å². The Bertz CT molecular complexity index is 963. The van der Waals surface area contributed by atoms with Gasteiger partial charge in [-0.3, -0.25) is 9.69 Å². The molecule has 1 aromatic carbocycles. The van der Waals surface area contributed by atoms with Crippen molar-refractivity contribution in [2.45, 2.75) is 13.5 Å². The number of methoxy groups -OCH3 is 1. The van der Waals surface area contributed by atoms with E-state index in [1.807, 2.05) is 12.1 Å². The van der Waals surface area contributed by atoms with Crippen LogP contribution in [0, 0.1) is 0 Å². The lowest BCUT2D eigenvalue weighted by Gasteiger charge is -2.20. The number of benzene rings is 1. The van der Waals surface area contributed by atoms with Crippen molar-refractivity contribution >= 4 is 34.0 Å². The predicted molar refractivity (Wildman–Crippen MR) is 102 cm³/mol. The molecule has 0 aliphatic heterocycles. The molecule has 0 radical (unpaired) electrons. The number of hydrogen-bond acceptors (Lipinski definition) is 6. The van der Waals surface area contributed by atoms with E-state index in [1.165, 1.54) is 23.2 Å². The lowest BCUT2D eigenvalue weighted by Crippen LogP contribution is -2.23. The Morgan fingerprint density at radius 2 is 2.00 bits per heavy atom. The molecule has 0 N–H and O–H groups in total. The molecule has 3 rings (SSSR count). The van der Waals surface area contributed by atoms with Crippen LogP contribution in [0.25, 0.3) is 0 Å². The van der Waals surface area contributed by atoms with Gasteiger partial charge in [-0.1, -0.05) is 12.1 Å². The predicted octanol–water partition coefficient (Wildman–Crippen LogP) is 3.53. The van der Waals surface area contributed by atoms with Crippen molar-refractivity contribution < 1.29 is 19.1 Å². The van der Waals surface area contributed by atoms with E-state index in [-0.39, 0.29) is 12.5 Å². The first-order valence-corrected chi connectivity index (χ1v) is 9.05. The van der Waals surface area contributed by atoms with Crippen LogP contribution in [0.2, 0.25) is 0 Å². The molecule has 0 spiro atoms. The Hall–Kier alpha value is -3.13. The third-order valence-electron chi connectivity index (χ3n) is 3.88. The summed E-state index contributed by atoms with van der Waals surface area (Å²) in [5, 5.41) is 2.25. The zero-order chi connectivity index (χ0) is 19.4. The van der Waals surface area contributed by atoms with Crippen LogP contribution in [0.15, 0.2) is 48.0 Å². The van der Waals surface area contributed by atoms with Crippen LogP contribution in [0.5, 0.6) is 5.75 Å². The van der Waals surface area contributed by atoms with Crippen molar-refractivity contribution in [3.63, 3.8) is 0 Å². The van der Waals surface area contributed by atoms with Crippen LogP contribution in [0.1, 0.15) is 23.1 Å². The molecule has 2 heterocycles. The maximum Gasteiger partial charge on any atom is 0.355 e. The Morgan fingerprint density at radius 1 is 1.22 bits per heavy atom. The normalized spacial score (nSPS) is 10.5. The minimum absolute atomic E-state index is 0.0260. The molecule has 7 nitrogen and oxygen atoms in total. The van der Waals surface area contributed by atoms with Crippen LogP contribution >= 0.6 is 11.3 Å². The first-order valence-electron chi connectivity index (χ1n) is 8.18. The number of aryl methyl sites for hydroxylation is 1. The van der Waals surface area contributed by atoms with Crippen LogP contribution in [0.3, 0.4) is 0 Å². The molecule has 0 saturated carbocycles. The number of rotatable bonds is 6. The molecule has 8 heteroatoms. The lowest BCUT2D eigenvalue weighted by molar-refractivity contribution is -0.115. The SMILES string of the molecule is COc1ccccc1N(C(C)=O)c1nc(COC(=O)c2cccn2C)cs1. The largest absolute Gasteiger partial charge is 0.495 e. The maximum absolute atomic E-state index is 12.2. The van der Waals surface area contributed by atoms with E-state index in [1.54, 1.807) is 54.6 Å². The smallest absolute Gasteiger partial charge is 0.355 e. The highest BCUT2D eigenvalue weighted by Crippen LogP contribution is 2.35. The molecule has 0 atom stereocenters. The van der Waals surface area contributed by atoms with Gasteiger partial charge in [-0.05, 0) is 24.3 Å². The fourth-order valence-corrected chi connectivity index (χ4v) is 3.44. The summed E-state index contributed by atoms with van der Waals surface area (Å²) in [4.78, 5) is 30.3. The molecule has 140 valence electrons. The molecular weight excluding hydrogens is 366 g/mol.